The van der Waals surface area contributed by atoms with Crippen molar-refractivity contribution in [3.05, 3.63) is 29.8 Å². The summed E-state index contributed by atoms with van der Waals surface area (Å²) in [7, 11) is 0. The van der Waals surface area contributed by atoms with Crippen LogP contribution in [-0.4, -0.2) is 35.7 Å². The lowest BCUT2D eigenvalue weighted by atomic mass is 9.88. The zero-order valence-electron chi connectivity index (χ0n) is 15.5. The van der Waals surface area contributed by atoms with Crippen molar-refractivity contribution in [2.75, 3.05) is 18.4 Å². The Kier molecular flexibility index (Phi) is 4.89. The molecule has 27 heavy (non-hydrogen) atoms. The number of piperidine rings is 1. The number of nitrogens with one attached hydrogen (secondary N) is 1. The van der Waals surface area contributed by atoms with Gasteiger partial charge in [0, 0.05) is 24.9 Å². The third-order valence-corrected chi connectivity index (χ3v) is 6.67. The lowest BCUT2D eigenvalue weighted by Gasteiger charge is -2.31. The molecule has 1 saturated heterocycles. The zero-order chi connectivity index (χ0) is 19.0. The Hall–Kier alpha value is -2.37. The van der Waals surface area contributed by atoms with E-state index in [4.69, 9.17) is 5.73 Å². The number of carbonyl (C=O) groups is 3. The second-order valence-corrected chi connectivity index (χ2v) is 8.29. The first-order chi connectivity index (χ1) is 13.0. The number of rotatable bonds is 4. The molecule has 4 rings (SSSR count). The van der Waals surface area contributed by atoms with E-state index in [-0.39, 0.29) is 29.6 Å². The van der Waals surface area contributed by atoms with Crippen LogP contribution in [0.1, 0.15) is 48.9 Å². The number of hydrogen-bond acceptors (Lipinski definition) is 3. The van der Waals surface area contributed by atoms with Gasteiger partial charge in [-0.1, -0.05) is 18.6 Å². The summed E-state index contributed by atoms with van der Waals surface area (Å²) in [4.78, 5) is 38.9. The summed E-state index contributed by atoms with van der Waals surface area (Å²) in [6.07, 6.45) is 5.76. The molecule has 0 aromatic heterocycles. The maximum absolute atomic E-state index is 13.0. The predicted octanol–water partition coefficient (Wildman–Crippen LogP) is 2.40. The van der Waals surface area contributed by atoms with Crippen LogP contribution in [0.5, 0.6) is 0 Å². The second-order valence-electron chi connectivity index (χ2n) is 8.29. The van der Waals surface area contributed by atoms with Crippen molar-refractivity contribution in [2.45, 2.75) is 38.5 Å². The largest absolute Gasteiger partial charge is 0.369 e. The van der Waals surface area contributed by atoms with Crippen molar-refractivity contribution in [1.82, 2.24) is 4.90 Å². The van der Waals surface area contributed by atoms with Crippen molar-refractivity contribution >= 4 is 23.4 Å². The predicted molar refractivity (Wildman–Crippen MR) is 102 cm³/mol. The minimum atomic E-state index is -0.291. The molecule has 3 N–H and O–H groups in total. The van der Waals surface area contributed by atoms with Gasteiger partial charge in [0.1, 0.15) is 0 Å². The van der Waals surface area contributed by atoms with Crippen LogP contribution in [0.3, 0.4) is 0 Å². The lowest BCUT2D eigenvalue weighted by Crippen LogP contribution is -2.42. The van der Waals surface area contributed by atoms with Crippen LogP contribution in [0, 0.1) is 23.7 Å². The van der Waals surface area contributed by atoms with Gasteiger partial charge in [-0.3, -0.25) is 14.4 Å². The number of benzene rings is 1. The van der Waals surface area contributed by atoms with E-state index in [2.05, 4.69) is 5.32 Å². The van der Waals surface area contributed by atoms with Gasteiger partial charge in [0.25, 0.3) is 5.91 Å². The first kappa shape index (κ1) is 18.0. The molecule has 3 aliphatic rings. The minimum absolute atomic E-state index is 0.0508. The Balaban J connectivity index is 1.44. The van der Waals surface area contributed by atoms with Gasteiger partial charge in [0.2, 0.25) is 11.8 Å². The highest BCUT2D eigenvalue weighted by Gasteiger charge is 2.43. The van der Waals surface area contributed by atoms with Crippen molar-refractivity contribution in [2.24, 2.45) is 29.4 Å². The molecule has 2 bridgehead atoms. The number of fused-ring (bicyclic) bond motifs is 2. The van der Waals surface area contributed by atoms with Crippen molar-refractivity contribution in [3.63, 3.8) is 0 Å². The maximum atomic E-state index is 13.0. The highest BCUT2D eigenvalue weighted by molar-refractivity contribution is 6.04. The fourth-order valence-electron chi connectivity index (χ4n) is 5.11. The molecule has 2 saturated carbocycles. The summed E-state index contributed by atoms with van der Waals surface area (Å²) in [5, 5.41) is 3.02. The van der Waals surface area contributed by atoms with Crippen LogP contribution >= 0.6 is 0 Å². The molecule has 0 spiro atoms. The number of para-hydroxylation sites is 1. The van der Waals surface area contributed by atoms with Gasteiger partial charge in [-0.2, -0.15) is 0 Å². The normalized spacial score (nSPS) is 27.6. The summed E-state index contributed by atoms with van der Waals surface area (Å²) in [5.74, 6) is 0.803. The van der Waals surface area contributed by atoms with Crippen LogP contribution in [0.15, 0.2) is 24.3 Å². The Morgan fingerprint density at radius 1 is 1.00 bits per heavy atom. The zero-order valence-corrected chi connectivity index (χ0v) is 15.5. The SMILES string of the molecule is NC(=O)C1CCN(C(=O)c2ccccc2NC(=O)C2CC3CCC2C3)CC1. The van der Waals surface area contributed by atoms with E-state index in [1.165, 1.54) is 12.8 Å². The smallest absolute Gasteiger partial charge is 0.255 e. The summed E-state index contributed by atoms with van der Waals surface area (Å²) >= 11 is 0. The van der Waals surface area contributed by atoms with Gasteiger partial charge in [0.05, 0.1) is 11.3 Å². The highest BCUT2D eigenvalue weighted by Crippen LogP contribution is 2.48. The molecule has 0 radical (unpaired) electrons. The molecular formula is C21H27N3O3. The number of hydrogen-bond donors (Lipinski definition) is 2. The molecule has 3 atom stereocenters. The standard InChI is InChI=1S/C21H27N3O3/c22-19(25)14-7-9-24(10-8-14)21(27)16-3-1-2-4-18(16)23-20(26)17-12-13-5-6-15(17)11-13/h1-4,13-15,17H,5-12H2,(H2,22,25)(H,23,26). The van der Waals surface area contributed by atoms with Crippen LogP contribution in [-0.2, 0) is 9.59 Å². The number of carbonyl (C=O) groups excluding carboxylic acids is 3. The number of primary amides is 1. The van der Waals surface area contributed by atoms with Crippen LogP contribution in [0.2, 0.25) is 0 Å². The first-order valence-electron chi connectivity index (χ1n) is 10.0. The second kappa shape index (κ2) is 7.33. The number of likely N-dealkylation sites (tertiary alicyclic amines) is 1. The van der Waals surface area contributed by atoms with Gasteiger partial charge >= 0.3 is 0 Å². The third-order valence-electron chi connectivity index (χ3n) is 6.67. The fourth-order valence-corrected chi connectivity index (χ4v) is 5.11. The summed E-state index contributed by atoms with van der Waals surface area (Å²) < 4.78 is 0. The van der Waals surface area contributed by atoms with E-state index in [1.807, 2.05) is 12.1 Å². The molecule has 3 amide bonds. The van der Waals surface area contributed by atoms with Crippen molar-refractivity contribution in [3.8, 4) is 0 Å². The molecule has 144 valence electrons. The van der Waals surface area contributed by atoms with E-state index in [0.29, 0.717) is 49.0 Å². The Morgan fingerprint density at radius 2 is 1.74 bits per heavy atom. The number of nitrogens with zero attached hydrogens (tertiary/aromatic N) is 1. The highest BCUT2D eigenvalue weighted by atomic mass is 16.2. The molecule has 6 nitrogen and oxygen atoms in total. The number of anilines is 1. The quantitative estimate of drug-likeness (QED) is 0.853. The topological polar surface area (TPSA) is 92.5 Å². The summed E-state index contributed by atoms with van der Waals surface area (Å²) in [6.45, 7) is 1.03. The van der Waals surface area contributed by atoms with Gasteiger partial charge < -0.3 is 16.0 Å². The van der Waals surface area contributed by atoms with Gasteiger partial charge in [-0.25, -0.2) is 0 Å². The van der Waals surface area contributed by atoms with Gasteiger partial charge in [-0.15, -0.1) is 0 Å². The lowest BCUT2D eigenvalue weighted by molar-refractivity contribution is -0.123. The van der Waals surface area contributed by atoms with E-state index in [9.17, 15) is 14.4 Å². The molecule has 6 heteroatoms. The Labute approximate surface area is 159 Å². The van der Waals surface area contributed by atoms with E-state index in [0.717, 1.165) is 12.8 Å². The average Bonchev–Trinajstić information content (AvgIpc) is 3.31. The summed E-state index contributed by atoms with van der Waals surface area (Å²) in [6, 6.07) is 7.22. The number of nitrogens with two attached hydrogens (primary N) is 1. The van der Waals surface area contributed by atoms with Crippen molar-refractivity contribution in [1.29, 1.82) is 0 Å². The van der Waals surface area contributed by atoms with Gasteiger partial charge in [-0.05, 0) is 56.1 Å². The van der Waals surface area contributed by atoms with Crippen LogP contribution in [0.25, 0.3) is 0 Å². The molecule has 1 heterocycles. The molecule has 3 fully saturated rings. The van der Waals surface area contributed by atoms with Crippen molar-refractivity contribution < 1.29 is 14.4 Å². The van der Waals surface area contributed by atoms with Crippen LogP contribution < -0.4 is 11.1 Å². The molecule has 1 aromatic carbocycles. The molecule has 1 aromatic rings. The molecule has 1 aliphatic heterocycles. The Morgan fingerprint density at radius 3 is 2.37 bits per heavy atom. The van der Waals surface area contributed by atoms with E-state index in [1.54, 1.807) is 17.0 Å². The van der Waals surface area contributed by atoms with Gasteiger partial charge in [0.15, 0.2) is 0 Å². The minimum Gasteiger partial charge on any atom is -0.369 e. The van der Waals surface area contributed by atoms with E-state index >= 15 is 0 Å². The average molecular weight is 369 g/mol. The Bertz CT molecular complexity index is 755. The van der Waals surface area contributed by atoms with E-state index < -0.39 is 0 Å². The number of amides is 3. The third kappa shape index (κ3) is 3.57. The molecule has 3 unspecified atom stereocenters. The first-order valence-corrected chi connectivity index (χ1v) is 10.0. The molecular weight excluding hydrogens is 342 g/mol. The van der Waals surface area contributed by atoms with Crippen LogP contribution in [0.4, 0.5) is 5.69 Å². The summed E-state index contributed by atoms with van der Waals surface area (Å²) in [5.41, 5.74) is 6.48. The fraction of sp³-hybridized carbons (Fsp3) is 0.571. The monoisotopic (exact) mass is 369 g/mol. The molecule has 2 aliphatic carbocycles. The maximum Gasteiger partial charge on any atom is 0.255 e.